The van der Waals surface area contributed by atoms with Crippen LogP contribution in [0.4, 0.5) is 5.69 Å². The fourth-order valence-corrected chi connectivity index (χ4v) is 5.77. The Labute approximate surface area is 237 Å². The summed E-state index contributed by atoms with van der Waals surface area (Å²) in [4.78, 5) is 71.4. The molecule has 4 aliphatic rings. The van der Waals surface area contributed by atoms with E-state index < -0.39 is 41.3 Å². The first-order chi connectivity index (χ1) is 19.6. The van der Waals surface area contributed by atoms with Gasteiger partial charge in [0.1, 0.15) is 23.0 Å². The summed E-state index contributed by atoms with van der Waals surface area (Å²) in [5, 5.41) is 27.3. The molecule has 3 atom stereocenters. The zero-order chi connectivity index (χ0) is 29.4. The van der Waals surface area contributed by atoms with Crippen LogP contribution in [0.5, 0.6) is 5.75 Å². The molecular weight excluding hydrogens is 556 g/mol. The third kappa shape index (κ3) is 5.28. The predicted octanol–water partition coefficient (Wildman–Crippen LogP) is 0.522. The van der Waals surface area contributed by atoms with Crippen molar-refractivity contribution in [2.45, 2.75) is 43.8 Å². The number of oxime groups is 1. The van der Waals surface area contributed by atoms with Crippen LogP contribution in [-0.2, 0) is 28.8 Å². The summed E-state index contributed by atoms with van der Waals surface area (Å²) in [6, 6.07) is 4.50. The third-order valence-electron chi connectivity index (χ3n) is 7.02. The van der Waals surface area contributed by atoms with Crippen LogP contribution in [0.15, 0.2) is 63.9 Å². The van der Waals surface area contributed by atoms with E-state index in [-0.39, 0.29) is 29.6 Å². The van der Waals surface area contributed by atoms with E-state index in [0.717, 1.165) is 11.8 Å². The smallest absolute Gasteiger partial charge is 0.352 e. The number of amides is 3. The van der Waals surface area contributed by atoms with E-state index in [1.54, 1.807) is 17.5 Å². The maximum atomic E-state index is 13.1. The lowest BCUT2D eigenvalue weighted by atomic mass is 9.83. The van der Waals surface area contributed by atoms with Crippen molar-refractivity contribution in [1.82, 2.24) is 15.1 Å². The maximum Gasteiger partial charge on any atom is 0.352 e. The summed E-state index contributed by atoms with van der Waals surface area (Å²) < 4.78 is 0. The topological polar surface area (TPSA) is 195 Å². The Hall–Kier alpha value is -4.63. The number of amidine groups is 1. The van der Waals surface area contributed by atoms with Crippen molar-refractivity contribution in [2.24, 2.45) is 10.9 Å². The second-order valence-electron chi connectivity index (χ2n) is 9.55. The molecule has 0 bridgehead atoms. The molecule has 1 aromatic rings. The minimum absolute atomic E-state index is 0.0706. The number of rotatable bonds is 5. The number of carboxylic acid groups (broad SMARTS) is 1. The van der Waals surface area contributed by atoms with Crippen LogP contribution < -0.4 is 16.0 Å². The first-order valence-corrected chi connectivity index (χ1v) is 13.5. The standard InChI is InChI=1S/C26H26N6O8S/c1-13(33)40-29-21(31-10-11-41-26(31)27)22(35)28-19-18-7-2-14(20(25(38)39)32(18)24(19)37)12-15-8-9-30(23(15)36)16-3-5-17(34)6-4-16/h3-6,10-12,18-19,26,34H,2,7-9,27H2,1H3,(H,28,35)(H,38,39)/t18-,19+,26?/m1/s1. The third-order valence-corrected chi connectivity index (χ3v) is 7.80. The molecule has 15 heteroatoms. The van der Waals surface area contributed by atoms with Gasteiger partial charge in [-0.3, -0.25) is 24.2 Å². The number of hydrogen-bond donors (Lipinski definition) is 4. The van der Waals surface area contributed by atoms with Crippen molar-refractivity contribution in [3.05, 3.63) is 58.8 Å². The van der Waals surface area contributed by atoms with Gasteiger partial charge in [-0.15, -0.1) is 0 Å². The van der Waals surface area contributed by atoms with Gasteiger partial charge < -0.3 is 31.0 Å². The van der Waals surface area contributed by atoms with Gasteiger partial charge in [-0.05, 0) is 60.6 Å². The molecule has 214 valence electrons. The molecule has 0 radical (unpaired) electrons. The molecule has 4 heterocycles. The Morgan fingerprint density at radius 1 is 1.20 bits per heavy atom. The number of nitrogens with two attached hydrogens (primary N) is 1. The monoisotopic (exact) mass is 582 g/mol. The summed E-state index contributed by atoms with van der Waals surface area (Å²) >= 11 is 1.19. The molecule has 0 aromatic heterocycles. The number of phenolic OH excluding ortho intramolecular Hbond substituents is 1. The summed E-state index contributed by atoms with van der Waals surface area (Å²) in [7, 11) is 0. The van der Waals surface area contributed by atoms with E-state index in [9.17, 15) is 34.2 Å². The first-order valence-electron chi connectivity index (χ1n) is 12.6. The summed E-state index contributed by atoms with van der Waals surface area (Å²) in [6.07, 6.45) is 3.97. The molecule has 1 unspecified atom stereocenters. The fourth-order valence-electron chi connectivity index (χ4n) is 5.11. The first kappa shape index (κ1) is 27.9. The van der Waals surface area contributed by atoms with E-state index >= 15 is 0 Å². The number of carbonyl (C=O) groups is 5. The molecular formula is C26H26N6O8S. The quantitative estimate of drug-likeness (QED) is 0.0944. The molecule has 41 heavy (non-hydrogen) atoms. The van der Waals surface area contributed by atoms with Crippen molar-refractivity contribution in [3.8, 4) is 5.75 Å². The number of benzene rings is 1. The number of nitrogens with zero attached hydrogens (tertiary/aromatic N) is 4. The van der Waals surface area contributed by atoms with Crippen LogP contribution in [-0.4, -0.2) is 79.6 Å². The minimum atomic E-state index is -1.33. The van der Waals surface area contributed by atoms with Gasteiger partial charge in [0.25, 0.3) is 17.7 Å². The molecule has 3 amide bonds. The highest BCUT2D eigenvalue weighted by Crippen LogP contribution is 2.38. The number of hydrogen-bond acceptors (Lipinski definition) is 10. The fraction of sp³-hybridized carbons (Fsp3) is 0.308. The SMILES string of the molecule is CC(=O)ON=C(C(=O)N[C@@H]1C(=O)N2C(C(=O)O)=C(C=C3CCN(c4ccc(O)cc4)C3=O)CC[C@H]12)N1C=CSC1N. The number of aromatic hydroxyl groups is 1. The molecule has 5 rings (SSSR count). The molecule has 0 spiro atoms. The molecule has 4 aliphatic heterocycles. The number of carbonyl (C=O) groups excluding carboxylic acids is 4. The molecule has 14 nitrogen and oxygen atoms in total. The van der Waals surface area contributed by atoms with E-state index in [4.69, 9.17) is 5.73 Å². The number of phenols is 1. The van der Waals surface area contributed by atoms with Gasteiger partial charge >= 0.3 is 11.9 Å². The van der Waals surface area contributed by atoms with Crippen molar-refractivity contribution >= 4 is 52.9 Å². The van der Waals surface area contributed by atoms with Crippen LogP contribution >= 0.6 is 11.8 Å². The number of carboxylic acids is 1. The average Bonchev–Trinajstić information content (AvgIpc) is 3.52. The normalized spacial score (nSPS) is 25.0. The van der Waals surface area contributed by atoms with Crippen molar-refractivity contribution in [1.29, 1.82) is 0 Å². The maximum absolute atomic E-state index is 13.1. The van der Waals surface area contributed by atoms with Crippen LogP contribution in [0.1, 0.15) is 26.2 Å². The molecule has 0 aliphatic carbocycles. The van der Waals surface area contributed by atoms with Crippen LogP contribution in [0.2, 0.25) is 0 Å². The van der Waals surface area contributed by atoms with Gasteiger partial charge in [0, 0.05) is 30.9 Å². The van der Waals surface area contributed by atoms with Gasteiger partial charge in [0.15, 0.2) is 0 Å². The largest absolute Gasteiger partial charge is 0.508 e. The van der Waals surface area contributed by atoms with Crippen LogP contribution in [0.25, 0.3) is 0 Å². The van der Waals surface area contributed by atoms with E-state index in [1.807, 2.05) is 0 Å². The second kappa shape index (κ2) is 11.1. The highest BCUT2D eigenvalue weighted by atomic mass is 32.2. The lowest BCUT2D eigenvalue weighted by molar-refractivity contribution is -0.155. The summed E-state index contributed by atoms with van der Waals surface area (Å²) in [5.41, 5.74) is 6.36. The number of anilines is 1. The lowest BCUT2D eigenvalue weighted by Crippen LogP contribution is -2.72. The predicted molar refractivity (Wildman–Crippen MR) is 145 cm³/mol. The van der Waals surface area contributed by atoms with Crippen molar-refractivity contribution in [3.63, 3.8) is 0 Å². The van der Waals surface area contributed by atoms with E-state index in [0.29, 0.717) is 36.2 Å². The molecule has 2 fully saturated rings. The van der Waals surface area contributed by atoms with Gasteiger partial charge in [0.05, 0.1) is 6.04 Å². The highest BCUT2D eigenvalue weighted by Gasteiger charge is 2.53. The second-order valence-corrected chi connectivity index (χ2v) is 10.6. The van der Waals surface area contributed by atoms with Gasteiger partial charge in [-0.1, -0.05) is 16.9 Å². The van der Waals surface area contributed by atoms with Crippen molar-refractivity contribution in [2.75, 3.05) is 11.4 Å². The summed E-state index contributed by atoms with van der Waals surface area (Å²) in [5.74, 6) is -4.11. The number of allylic oxidation sites excluding steroid dienone is 2. The van der Waals surface area contributed by atoms with Crippen LogP contribution in [0.3, 0.4) is 0 Å². The molecule has 2 saturated heterocycles. The zero-order valence-electron chi connectivity index (χ0n) is 21.7. The van der Waals surface area contributed by atoms with Crippen LogP contribution in [0, 0.1) is 0 Å². The summed E-state index contributed by atoms with van der Waals surface area (Å²) in [6.45, 7) is 1.50. The Morgan fingerprint density at radius 2 is 1.93 bits per heavy atom. The Kier molecular flexibility index (Phi) is 7.55. The highest BCUT2D eigenvalue weighted by molar-refractivity contribution is 8.02. The lowest BCUT2D eigenvalue weighted by Gasteiger charge is -2.50. The Bertz CT molecular complexity index is 1450. The zero-order valence-corrected chi connectivity index (χ0v) is 22.5. The van der Waals surface area contributed by atoms with Gasteiger partial charge in [0.2, 0.25) is 5.84 Å². The molecule has 1 aromatic carbocycles. The average molecular weight is 583 g/mol. The van der Waals surface area contributed by atoms with Gasteiger partial charge in [-0.2, -0.15) is 0 Å². The Balaban J connectivity index is 1.34. The number of β-lactam (4-membered cyclic amide) rings is 1. The molecule has 0 saturated carbocycles. The van der Waals surface area contributed by atoms with Gasteiger partial charge in [-0.25, -0.2) is 9.59 Å². The number of nitrogens with one attached hydrogen (secondary N) is 1. The van der Waals surface area contributed by atoms with E-state index in [2.05, 4.69) is 15.3 Å². The van der Waals surface area contributed by atoms with Crippen molar-refractivity contribution < 1.29 is 39.0 Å². The Morgan fingerprint density at radius 3 is 2.56 bits per heavy atom. The van der Waals surface area contributed by atoms with E-state index in [1.165, 1.54) is 46.0 Å². The molecule has 5 N–H and O–H groups in total. The number of thioether (sulfide) groups is 1. The minimum Gasteiger partial charge on any atom is -0.508 e. The number of fused-ring (bicyclic) bond motifs is 1. The number of aliphatic carboxylic acids is 1.